The van der Waals surface area contributed by atoms with E-state index in [0.29, 0.717) is 5.69 Å². The van der Waals surface area contributed by atoms with Crippen molar-refractivity contribution in [3.8, 4) is 0 Å². The molecule has 1 amide bonds. The predicted octanol–water partition coefficient (Wildman–Crippen LogP) is 2.87. The largest absolute Gasteiger partial charge is 0.325 e. The summed E-state index contributed by atoms with van der Waals surface area (Å²) >= 11 is 0. The SMILES string of the molecule is CC(=N)c1c(F)cc(C)cc1NC(=O)C1CC1. The number of nitrogens with one attached hydrogen (secondary N) is 2. The van der Waals surface area contributed by atoms with E-state index < -0.39 is 5.82 Å². The highest BCUT2D eigenvalue weighted by atomic mass is 19.1. The second kappa shape index (κ2) is 4.28. The van der Waals surface area contributed by atoms with E-state index in [1.165, 1.54) is 13.0 Å². The zero-order valence-corrected chi connectivity index (χ0v) is 9.93. The number of benzene rings is 1. The Morgan fingerprint density at radius 2 is 2.12 bits per heavy atom. The van der Waals surface area contributed by atoms with Crippen molar-refractivity contribution in [1.29, 1.82) is 5.41 Å². The zero-order chi connectivity index (χ0) is 12.6. The van der Waals surface area contributed by atoms with Gasteiger partial charge in [-0.25, -0.2) is 4.39 Å². The lowest BCUT2D eigenvalue weighted by Crippen LogP contribution is -2.16. The molecule has 0 unspecified atom stereocenters. The molecule has 0 atom stereocenters. The van der Waals surface area contributed by atoms with Crippen LogP contribution in [-0.2, 0) is 4.79 Å². The van der Waals surface area contributed by atoms with E-state index in [-0.39, 0.29) is 23.1 Å². The summed E-state index contributed by atoms with van der Waals surface area (Å²) in [6.07, 6.45) is 1.80. The Hall–Kier alpha value is -1.71. The number of hydrogen-bond acceptors (Lipinski definition) is 2. The number of hydrogen-bond donors (Lipinski definition) is 2. The molecule has 1 aromatic rings. The van der Waals surface area contributed by atoms with Gasteiger partial charge in [0.15, 0.2) is 0 Å². The summed E-state index contributed by atoms with van der Waals surface area (Å²) < 4.78 is 13.7. The molecular formula is C13H15FN2O. The Bertz CT molecular complexity index is 492. The van der Waals surface area contributed by atoms with Crippen LogP contribution >= 0.6 is 0 Å². The normalized spacial score (nSPS) is 14.5. The van der Waals surface area contributed by atoms with Gasteiger partial charge >= 0.3 is 0 Å². The summed E-state index contributed by atoms with van der Waals surface area (Å²) in [4.78, 5) is 11.7. The Morgan fingerprint density at radius 3 is 2.65 bits per heavy atom. The lowest BCUT2D eigenvalue weighted by molar-refractivity contribution is -0.117. The molecule has 2 rings (SSSR count). The molecule has 3 nitrogen and oxygen atoms in total. The lowest BCUT2D eigenvalue weighted by Gasteiger charge is -2.12. The molecule has 0 radical (unpaired) electrons. The van der Waals surface area contributed by atoms with Crippen LogP contribution in [0.3, 0.4) is 0 Å². The third-order valence-electron chi connectivity index (χ3n) is 2.82. The predicted molar refractivity (Wildman–Crippen MR) is 65.0 cm³/mol. The zero-order valence-electron chi connectivity index (χ0n) is 9.93. The van der Waals surface area contributed by atoms with Crippen molar-refractivity contribution in [1.82, 2.24) is 0 Å². The summed E-state index contributed by atoms with van der Waals surface area (Å²) in [7, 11) is 0. The van der Waals surface area contributed by atoms with Crippen LogP contribution < -0.4 is 5.32 Å². The van der Waals surface area contributed by atoms with E-state index in [0.717, 1.165) is 18.4 Å². The Balaban J connectivity index is 2.36. The van der Waals surface area contributed by atoms with Gasteiger partial charge in [-0.1, -0.05) is 0 Å². The van der Waals surface area contributed by atoms with E-state index in [9.17, 15) is 9.18 Å². The van der Waals surface area contributed by atoms with Crippen molar-refractivity contribution >= 4 is 17.3 Å². The number of halogens is 1. The Labute approximate surface area is 99.5 Å². The van der Waals surface area contributed by atoms with Gasteiger partial charge in [-0.15, -0.1) is 0 Å². The third kappa shape index (κ3) is 2.52. The second-order valence-electron chi connectivity index (χ2n) is 4.56. The molecule has 1 fully saturated rings. The first-order valence-electron chi connectivity index (χ1n) is 5.65. The van der Waals surface area contributed by atoms with Gasteiger partial charge in [0, 0.05) is 11.6 Å². The molecule has 1 saturated carbocycles. The first-order valence-corrected chi connectivity index (χ1v) is 5.65. The van der Waals surface area contributed by atoms with Crippen molar-refractivity contribution in [2.45, 2.75) is 26.7 Å². The molecule has 90 valence electrons. The molecule has 1 aromatic carbocycles. The summed E-state index contributed by atoms with van der Waals surface area (Å²) in [6, 6.07) is 3.08. The van der Waals surface area contributed by atoms with Crippen LogP contribution in [0.15, 0.2) is 12.1 Å². The molecule has 0 heterocycles. The van der Waals surface area contributed by atoms with Crippen molar-refractivity contribution in [3.05, 3.63) is 29.1 Å². The molecule has 4 heteroatoms. The van der Waals surface area contributed by atoms with Crippen LogP contribution in [0.4, 0.5) is 10.1 Å². The average Bonchev–Trinajstić information content (AvgIpc) is 2.97. The number of amides is 1. The fraction of sp³-hybridized carbons (Fsp3) is 0.385. The van der Waals surface area contributed by atoms with Crippen LogP contribution in [0.25, 0.3) is 0 Å². The van der Waals surface area contributed by atoms with E-state index in [4.69, 9.17) is 5.41 Å². The van der Waals surface area contributed by atoms with E-state index in [2.05, 4.69) is 5.32 Å². The minimum Gasteiger partial charge on any atom is -0.325 e. The average molecular weight is 234 g/mol. The Kier molecular flexibility index (Phi) is 2.96. The number of anilines is 1. The molecule has 0 saturated heterocycles. The van der Waals surface area contributed by atoms with Crippen molar-refractivity contribution in [3.63, 3.8) is 0 Å². The van der Waals surface area contributed by atoms with Gasteiger partial charge in [-0.05, 0) is 44.4 Å². The standard InChI is InChI=1S/C13H15FN2O/c1-7-5-10(14)12(8(2)15)11(6-7)16-13(17)9-3-4-9/h5-6,9,15H,3-4H2,1-2H3,(H,16,17). The molecule has 17 heavy (non-hydrogen) atoms. The molecule has 0 spiro atoms. The summed E-state index contributed by atoms with van der Waals surface area (Å²) in [5.41, 5.74) is 1.45. The maximum Gasteiger partial charge on any atom is 0.227 e. The van der Waals surface area contributed by atoms with E-state index >= 15 is 0 Å². The number of rotatable bonds is 3. The van der Waals surface area contributed by atoms with Crippen molar-refractivity contribution < 1.29 is 9.18 Å². The van der Waals surface area contributed by atoms with Gasteiger partial charge < -0.3 is 10.7 Å². The summed E-state index contributed by atoms with van der Waals surface area (Å²) in [5, 5.41) is 10.3. The molecule has 1 aliphatic carbocycles. The van der Waals surface area contributed by atoms with Crippen LogP contribution in [-0.4, -0.2) is 11.6 Å². The fourth-order valence-electron chi connectivity index (χ4n) is 1.80. The maximum absolute atomic E-state index is 13.7. The minimum absolute atomic E-state index is 0.0671. The van der Waals surface area contributed by atoms with Gasteiger partial charge in [0.25, 0.3) is 0 Å². The fourth-order valence-corrected chi connectivity index (χ4v) is 1.80. The minimum atomic E-state index is -0.455. The lowest BCUT2D eigenvalue weighted by atomic mass is 10.0. The van der Waals surface area contributed by atoms with Crippen LogP contribution in [0.1, 0.15) is 30.9 Å². The summed E-state index contributed by atoms with van der Waals surface area (Å²) in [6.45, 7) is 3.28. The van der Waals surface area contributed by atoms with E-state index in [1.54, 1.807) is 13.0 Å². The second-order valence-corrected chi connectivity index (χ2v) is 4.56. The van der Waals surface area contributed by atoms with Crippen LogP contribution in [0.5, 0.6) is 0 Å². The number of aryl methyl sites for hydroxylation is 1. The molecule has 0 aromatic heterocycles. The van der Waals surface area contributed by atoms with Crippen molar-refractivity contribution in [2.24, 2.45) is 5.92 Å². The molecular weight excluding hydrogens is 219 g/mol. The molecule has 0 aliphatic heterocycles. The highest BCUT2D eigenvalue weighted by Crippen LogP contribution is 2.31. The maximum atomic E-state index is 13.7. The van der Waals surface area contributed by atoms with Gasteiger partial charge in [-0.2, -0.15) is 0 Å². The first kappa shape index (κ1) is 11.8. The highest BCUT2D eigenvalue weighted by molar-refractivity contribution is 6.06. The first-order chi connectivity index (χ1) is 7.99. The number of carbonyl (C=O) groups excluding carboxylic acids is 1. The van der Waals surface area contributed by atoms with Crippen molar-refractivity contribution in [2.75, 3.05) is 5.32 Å². The molecule has 0 bridgehead atoms. The van der Waals surface area contributed by atoms with Gasteiger partial charge in [0.1, 0.15) is 5.82 Å². The Morgan fingerprint density at radius 1 is 1.47 bits per heavy atom. The number of carbonyl (C=O) groups is 1. The van der Waals surface area contributed by atoms with Crippen LogP contribution in [0.2, 0.25) is 0 Å². The quantitative estimate of drug-likeness (QED) is 0.776. The molecule has 2 N–H and O–H groups in total. The summed E-state index contributed by atoms with van der Waals surface area (Å²) in [5.74, 6) is -0.460. The van der Waals surface area contributed by atoms with Gasteiger partial charge in [-0.3, -0.25) is 4.79 Å². The molecule has 1 aliphatic rings. The van der Waals surface area contributed by atoms with Gasteiger partial charge in [0.2, 0.25) is 5.91 Å². The highest BCUT2D eigenvalue weighted by Gasteiger charge is 2.30. The topological polar surface area (TPSA) is 53.0 Å². The monoisotopic (exact) mass is 234 g/mol. The third-order valence-corrected chi connectivity index (χ3v) is 2.82. The van der Waals surface area contributed by atoms with E-state index in [1.807, 2.05) is 0 Å². The van der Waals surface area contributed by atoms with Crippen LogP contribution in [0, 0.1) is 24.1 Å². The smallest absolute Gasteiger partial charge is 0.227 e. The van der Waals surface area contributed by atoms with Gasteiger partial charge in [0.05, 0.1) is 11.3 Å².